The minimum absolute atomic E-state index is 0.0718. The van der Waals surface area contributed by atoms with Gasteiger partial charge in [-0.3, -0.25) is 10.1 Å². The average molecular weight is 406 g/mol. The molecule has 10 heteroatoms. The van der Waals surface area contributed by atoms with Gasteiger partial charge in [0.05, 0.1) is 28.6 Å². The number of carbonyl (C=O) groups is 1. The molecule has 3 rings (SSSR count). The smallest absolute Gasteiger partial charge is 0.343 e. The van der Waals surface area contributed by atoms with Crippen LogP contribution in [0.4, 0.5) is 5.69 Å². The quantitative estimate of drug-likeness (QED) is 0.323. The molecule has 1 saturated heterocycles. The van der Waals surface area contributed by atoms with E-state index < -0.39 is 20.9 Å². The van der Waals surface area contributed by atoms with Crippen LogP contribution in [0.5, 0.6) is 5.75 Å². The minimum atomic E-state index is -3.64. The Bertz CT molecular complexity index is 997. The fraction of sp³-hybridized carbons (Fsp3) is 0.278. The van der Waals surface area contributed by atoms with Gasteiger partial charge < -0.3 is 9.47 Å². The fourth-order valence-corrected chi connectivity index (χ4v) is 4.17. The topological polar surface area (TPSA) is 116 Å². The van der Waals surface area contributed by atoms with Gasteiger partial charge in [0.2, 0.25) is 10.0 Å². The summed E-state index contributed by atoms with van der Waals surface area (Å²) in [5, 5.41) is 10.8. The van der Waals surface area contributed by atoms with E-state index in [1.54, 1.807) is 6.92 Å². The number of rotatable bonds is 5. The third kappa shape index (κ3) is 4.19. The second-order valence-corrected chi connectivity index (χ2v) is 8.07. The first-order valence-electron chi connectivity index (χ1n) is 8.44. The van der Waals surface area contributed by atoms with E-state index in [0.29, 0.717) is 18.8 Å². The molecular weight excluding hydrogens is 388 g/mol. The third-order valence-electron chi connectivity index (χ3n) is 4.27. The van der Waals surface area contributed by atoms with Crippen LogP contribution in [-0.4, -0.2) is 49.9 Å². The van der Waals surface area contributed by atoms with E-state index in [0.717, 1.165) is 0 Å². The SMILES string of the molecule is Cc1cc(OC(=O)c2ccc(S(=O)(=O)N3CCOCC3)cc2)ccc1[N+](=O)[O-]. The van der Waals surface area contributed by atoms with Crippen LogP contribution in [0.2, 0.25) is 0 Å². The molecule has 28 heavy (non-hydrogen) atoms. The number of sulfonamides is 1. The number of hydrogen-bond acceptors (Lipinski definition) is 7. The largest absolute Gasteiger partial charge is 0.423 e. The molecule has 0 amide bonds. The van der Waals surface area contributed by atoms with E-state index in [2.05, 4.69) is 0 Å². The molecule has 148 valence electrons. The van der Waals surface area contributed by atoms with Gasteiger partial charge in [0.25, 0.3) is 5.69 Å². The molecular formula is C18H18N2O7S. The molecule has 9 nitrogen and oxygen atoms in total. The fourth-order valence-electron chi connectivity index (χ4n) is 2.76. The summed E-state index contributed by atoms with van der Waals surface area (Å²) in [6.07, 6.45) is 0. The number of nitro benzene ring substituents is 1. The summed E-state index contributed by atoms with van der Waals surface area (Å²) >= 11 is 0. The monoisotopic (exact) mass is 406 g/mol. The molecule has 2 aromatic carbocycles. The van der Waals surface area contributed by atoms with Crippen molar-refractivity contribution in [3.63, 3.8) is 0 Å². The van der Waals surface area contributed by atoms with Crippen molar-refractivity contribution >= 4 is 21.7 Å². The van der Waals surface area contributed by atoms with Crippen molar-refractivity contribution in [1.29, 1.82) is 0 Å². The van der Waals surface area contributed by atoms with Crippen LogP contribution in [0.15, 0.2) is 47.4 Å². The van der Waals surface area contributed by atoms with Crippen LogP contribution in [-0.2, 0) is 14.8 Å². The number of ether oxygens (including phenoxy) is 2. The highest BCUT2D eigenvalue weighted by Crippen LogP contribution is 2.24. The summed E-state index contributed by atoms with van der Waals surface area (Å²) in [7, 11) is -3.64. The van der Waals surface area contributed by atoms with Crippen LogP contribution in [0, 0.1) is 17.0 Å². The highest BCUT2D eigenvalue weighted by molar-refractivity contribution is 7.89. The maximum absolute atomic E-state index is 12.6. The molecule has 0 unspecified atom stereocenters. The molecule has 2 aromatic rings. The Morgan fingerprint density at radius 2 is 1.79 bits per heavy atom. The zero-order valence-corrected chi connectivity index (χ0v) is 15.8. The summed E-state index contributed by atoms with van der Waals surface area (Å²) in [4.78, 5) is 22.7. The van der Waals surface area contributed by atoms with Crippen molar-refractivity contribution in [2.24, 2.45) is 0 Å². The second-order valence-electron chi connectivity index (χ2n) is 6.14. The number of esters is 1. The zero-order valence-electron chi connectivity index (χ0n) is 15.0. The summed E-state index contributed by atoms with van der Waals surface area (Å²) in [6, 6.07) is 9.43. The Morgan fingerprint density at radius 3 is 2.36 bits per heavy atom. The Balaban J connectivity index is 1.73. The van der Waals surface area contributed by atoms with Gasteiger partial charge in [-0.15, -0.1) is 0 Å². The van der Waals surface area contributed by atoms with Crippen LogP contribution in [0.3, 0.4) is 0 Å². The predicted octanol–water partition coefficient (Wildman–Crippen LogP) is 2.14. The maximum Gasteiger partial charge on any atom is 0.343 e. The van der Waals surface area contributed by atoms with E-state index in [-0.39, 0.29) is 35.0 Å². The molecule has 0 N–H and O–H groups in total. The van der Waals surface area contributed by atoms with Crippen LogP contribution >= 0.6 is 0 Å². The molecule has 0 aromatic heterocycles. The number of carbonyl (C=O) groups excluding carboxylic acids is 1. The first kappa shape index (κ1) is 19.9. The molecule has 0 saturated carbocycles. The maximum atomic E-state index is 12.6. The number of morpholine rings is 1. The van der Waals surface area contributed by atoms with E-state index in [1.165, 1.54) is 46.8 Å². The molecule has 0 atom stereocenters. The summed E-state index contributed by atoms with van der Waals surface area (Å²) in [6.45, 7) is 2.80. The van der Waals surface area contributed by atoms with Gasteiger partial charge >= 0.3 is 5.97 Å². The van der Waals surface area contributed by atoms with Crippen molar-refractivity contribution in [3.8, 4) is 5.75 Å². The van der Waals surface area contributed by atoms with E-state index >= 15 is 0 Å². The molecule has 1 heterocycles. The molecule has 0 radical (unpaired) electrons. The standard InChI is InChI=1S/C18H18N2O7S/c1-13-12-15(4-7-17(13)20(22)23)27-18(21)14-2-5-16(6-3-14)28(24,25)19-8-10-26-11-9-19/h2-7,12H,8-11H2,1H3. The Kier molecular flexibility index (Phi) is 5.73. The molecule has 1 fully saturated rings. The number of hydrogen-bond donors (Lipinski definition) is 0. The van der Waals surface area contributed by atoms with Gasteiger partial charge in [-0.25, -0.2) is 13.2 Å². The van der Waals surface area contributed by atoms with E-state index in [9.17, 15) is 23.3 Å². The van der Waals surface area contributed by atoms with Crippen LogP contribution < -0.4 is 4.74 Å². The van der Waals surface area contributed by atoms with Crippen LogP contribution in [0.25, 0.3) is 0 Å². The number of nitro groups is 1. The highest BCUT2D eigenvalue weighted by atomic mass is 32.2. The lowest BCUT2D eigenvalue weighted by atomic mass is 10.2. The third-order valence-corrected chi connectivity index (χ3v) is 6.19. The van der Waals surface area contributed by atoms with Gasteiger partial charge in [-0.1, -0.05) is 0 Å². The van der Waals surface area contributed by atoms with Crippen molar-refractivity contribution < 1.29 is 27.6 Å². The Labute approximate surface area is 161 Å². The number of nitrogens with zero attached hydrogens (tertiary/aromatic N) is 2. The van der Waals surface area contributed by atoms with Crippen molar-refractivity contribution in [2.45, 2.75) is 11.8 Å². The predicted molar refractivity (Wildman–Crippen MR) is 98.8 cm³/mol. The summed E-state index contributed by atoms with van der Waals surface area (Å²) in [5.41, 5.74) is 0.455. The Morgan fingerprint density at radius 1 is 1.14 bits per heavy atom. The van der Waals surface area contributed by atoms with E-state index in [4.69, 9.17) is 9.47 Å². The average Bonchev–Trinajstić information content (AvgIpc) is 2.68. The minimum Gasteiger partial charge on any atom is -0.423 e. The lowest BCUT2D eigenvalue weighted by Gasteiger charge is -2.26. The molecule has 1 aliphatic heterocycles. The second kappa shape index (κ2) is 8.05. The van der Waals surface area contributed by atoms with Gasteiger partial charge in [0, 0.05) is 24.7 Å². The summed E-state index contributed by atoms with van der Waals surface area (Å²) < 4.78 is 36.9. The van der Waals surface area contributed by atoms with Gasteiger partial charge in [0.15, 0.2) is 0 Å². The van der Waals surface area contributed by atoms with Gasteiger partial charge in [-0.2, -0.15) is 4.31 Å². The zero-order chi connectivity index (χ0) is 20.3. The Hall–Kier alpha value is -2.82. The van der Waals surface area contributed by atoms with Crippen molar-refractivity contribution in [2.75, 3.05) is 26.3 Å². The molecule has 0 bridgehead atoms. The molecule has 0 spiro atoms. The van der Waals surface area contributed by atoms with Gasteiger partial charge in [0.1, 0.15) is 5.75 Å². The lowest BCUT2D eigenvalue weighted by Crippen LogP contribution is -2.40. The normalized spacial score (nSPS) is 15.2. The van der Waals surface area contributed by atoms with Gasteiger partial charge in [-0.05, 0) is 43.3 Å². The first-order valence-corrected chi connectivity index (χ1v) is 9.88. The number of aryl methyl sites for hydroxylation is 1. The summed E-state index contributed by atoms with van der Waals surface area (Å²) in [5.74, 6) is -0.526. The lowest BCUT2D eigenvalue weighted by molar-refractivity contribution is -0.385. The highest BCUT2D eigenvalue weighted by Gasteiger charge is 2.26. The van der Waals surface area contributed by atoms with Crippen molar-refractivity contribution in [1.82, 2.24) is 4.31 Å². The van der Waals surface area contributed by atoms with Crippen LogP contribution in [0.1, 0.15) is 15.9 Å². The molecule has 0 aliphatic carbocycles. The molecule has 1 aliphatic rings. The number of benzene rings is 2. The van der Waals surface area contributed by atoms with E-state index in [1.807, 2.05) is 0 Å². The van der Waals surface area contributed by atoms with Crippen molar-refractivity contribution in [3.05, 3.63) is 63.7 Å². The first-order chi connectivity index (χ1) is 13.3.